The molecule has 42 heavy (non-hydrogen) atoms. The molecule has 1 saturated carbocycles. The van der Waals surface area contributed by atoms with Crippen molar-refractivity contribution in [2.45, 2.75) is 116 Å². The minimum Gasteiger partial charge on any atom is -0.357 e. The molecule has 2 aliphatic carbocycles. The van der Waals surface area contributed by atoms with Gasteiger partial charge in [0.2, 0.25) is 24.1 Å². The second-order valence-electron chi connectivity index (χ2n) is 12.3. The van der Waals surface area contributed by atoms with E-state index in [1.54, 1.807) is 25.0 Å². The van der Waals surface area contributed by atoms with Gasteiger partial charge in [-0.15, -0.1) is 0 Å². The molecule has 4 amide bonds. The highest BCUT2D eigenvalue weighted by Crippen LogP contribution is 2.29. The molecule has 3 unspecified atom stereocenters. The Kier molecular flexibility index (Phi) is 15.6. The lowest BCUT2D eigenvalue weighted by atomic mass is 9.83. The number of carbonyl (C=O) groups excluding carboxylic acids is 4. The van der Waals surface area contributed by atoms with Crippen LogP contribution in [0.15, 0.2) is 24.3 Å². The van der Waals surface area contributed by atoms with Crippen molar-refractivity contribution in [3.05, 3.63) is 35.4 Å². The van der Waals surface area contributed by atoms with Crippen LogP contribution in [0.2, 0.25) is 0 Å². The van der Waals surface area contributed by atoms with E-state index in [2.05, 4.69) is 59.4 Å². The second-order valence-corrected chi connectivity index (χ2v) is 12.3. The third-order valence-corrected chi connectivity index (χ3v) is 8.48. The summed E-state index contributed by atoms with van der Waals surface area (Å²) in [4.78, 5) is 50.3. The summed E-state index contributed by atoms with van der Waals surface area (Å²) in [5.41, 5.74) is 3.16. The van der Waals surface area contributed by atoms with Gasteiger partial charge in [0.1, 0.15) is 12.1 Å². The van der Waals surface area contributed by atoms with Crippen LogP contribution < -0.4 is 21.3 Å². The van der Waals surface area contributed by atoms with Gasteiger partial charge in [0.05, 0.1) is 0 Å². The zero-order valence-corrected chi connectivity index (χ0v) is 26.7. The Morgan fingerprint density at radius 1 is 0.905 bits per heavy atom. The van der Waals surface area contributed by atoms with Crippen molar-refractivity contribution in [3.8, 4) is 0 Å². The fraction of sp³-hybridized carbons (Fsp3) is 0.697. The number of likely N-dealkylation sites (N-methyl/N-ethyl adjacent to an activating group) is 1. The van der Waals surface area contributed by atoms with E-state index >= 15 is 0 Å². The molecule has 0 aromatic heterocycles. The van der Waals surface area contributed by atoms with Crippen LogP contribution in [-0.2, 0) is 32.0 Å². The molecular formula is C33H55N5O4. The molecule has 0 spiro atoms. The van der Waals surface area contributed by atoms with E-state index < -0.39 is 12.1 Å². The molecular weight excluding hydrogens is 530 g/mol. The summed E-state index contributed by atoms with van der Waals surface area (Å²) >= 11 is 0. The maximum absolute atomic E-state index is 13.2. The molecule has 1 aromatic carbocycles. The van der Waals surface area contributed by atoms with Gasteiger partial charge in [-0.1, -0.05) is 71.2 Å². The summed E-state index contributed by atoms with van der Waals surface area (Å²) in [5, 5.41) is 11.2. The van der Waals surface area contributed by atoms with Gasteiger partial charge in [-0.25, -0.2) is 0 Å². The van der Waals surface area contributed by atoms with Crippen molar-refractivity contribution in [2.75, 3.05) is 20.6 Å². The lowest BCUT2D eigenvalue weighted by Gasteiger charge is -2.33. The molecule has 9 nitrogen and oxygen atoms in total. The van der Waals surface area contributed by atoms with Gasteiger partial charge in [-0.05, 0) is 69.0 Å². The minimum absolute atomic E-state index is 0.0890. The SMILES string of the molecule is CNC(=O)C1CC(NC(=O)C(C)C)CN1C(=O)C(NC=O)C1CCCCC1.CNC(C)C.c1ccc2c(c1)CCCC2. The number of hydrogen-bond acceptors (Lipinski definition) is 5. The Bertz CT molecular complexity index is 967. The van der Waals surface area contributed by atoms with Gasteiger partial charge < -0.3 is 26.2 Å². The number of fused-ring (bicyclic) bond motifs is 1. The van der Waals surface area contributed by atoms with Crippen LogP contribution in [0, 0.1) is 11.8 Å². The van der Waals surface area contributed by atoms with Gasteiger partial charge in [0.25, 0.3) is 0 Å². The first-order valence-corrected chi connectivity index (χ1v) is 15.9. The molecule has 1 heterocycles. The van der Waals surface area contributed by atoms with Crippen LogP contribution in [0.1, 0.15) is 90.2 Å². The smallest absolute Gasteiger partial charge is 0.246 e. The standard InChI is InChI=1S/C19H32N4O4.C10H12.C4H11N/c1-12(2)17(25)22-14-9-15(18(26)20-3)23(10-14)19(27)16(21-11-24)13-7-5-4-6-8-13;1-2-6-10-8-4-3-7-9(10)5-1;1-4(2)5-3/h11-16H,4-10H2,1-3H3,(H,20,26)(H,21,24)(H,22,25);1-2,5-6H,3-4,7-8H2;4-5H,1-3H3. The van der Waals surface area contributed by atoms with Gasteiger partial charge in [-0.3, -0.25) is 19.2 Å². The molecule has 3 atom stereocenters. The average Bonchev–Trinajstić information content (AvgIpc) is 3.44. The molecule has 9 heteroatoms. The number of nitrogens with one attached hydrogen (secondary N) is 4. The van der Waals surface area contributed by atoms with E-state index in [1.165, 1.54) is 37.6 Å². The zero-order chi connectivity index (χ0) is 31.1. The number of rotatable bonds is 8. The highest BCUT2D eigenvalue weighted by Gasteiger charge is 2.43. The van der Waals surface area contributed by atoms with Gasteiger partial charge in [-0.2, -0.15) is 0 Å². The fourth-order valence-corrected chi connectivity index (χ4v) is 5.77. The van der Waals surface area contributed by atoms with Crippen LogP contribution >= 0.6 is 0 Å². The Morgan fingerprint density at radius 2 is 1.48 bits per heavy atom. The molecule has 4 N–H and O–H groups in total. The summed E-state index contributed by atoms with van der Waals surface area (Å²) in [6.45, 7) is 8.10. The third kappa shape index (κ3) is 11.0. The summed E-state index contributed by atoms with van der Waals surface area (Å²) in [6, 6.07) is 7.91. The van der Waals surface area contributed by atoms with Gasteiger partial charge in [0.15, 0.2) is 0 Å². The van der Waals surface area contributed by atoms with E-state index in [-0.39, 0.29) is 42.1 Å². The molecule has 0 bridgehead atoms. The topological polar surface area (TPSA) is 120 Å². The lowest BCUT2D eigenvalue weighted by Crippen LogP contribution is -2.54. The van der Waals surface area contributed by atoms with Crippen LogP contribution in [0.3, 0.4) is 0 Å². The van der Waals surface area contributed by atoms with Crippen molar-refractivity contribution in [1.29, 1.82) is 0 Å². The second kappa shape index (κ2) is 18.6. The molecule has 4 rings (SSSR count). The average molecular weight is 586 g/mol. The maximum Gasteiger partial charge on any atom is 0.246 e. The summed E-state index contributed by atoms with van der Waals surface area (Å²) < 4.78 is 0. The van der Waals surface area contributed by atoms with Crippen LogP contribution in [-0.4, -0.2) is 73.8 Å². The Balaban J connectivity index is 0.000000332. The Labute approximate surface area is 253 Å². The number of hydrogen-bond donors (Lipinski definition) is 4. The van der Waals surface area contributed by atoms with Crippen molar-refractivity contribution >= 4 is 24.1 Å². The number of aryl methyl sites for hydroxylation is 2. The summed E-state index contributed by atoms with van der Waals surface area (Å²) in [5.74, 6) is -0.659. The van der Waals surface area contributed by atoms with E-state index in [0.717, 1.165) is 32.1 Å². The normalized spacial score (nSPS) is 20.7. The molecule has 3 aliphatic rings. The number of benzene rings is 1. The van der Waals surface area contributed by atoms with Crippen LogP contribution in [0.5, 0.6) is 0 Å². The zero-order valence-electron chi connectivity index (χ0n) is 26.7. The third-order valence-electron chi connectivity index (χ3n) is 8.48. The quantitative estimate of drug-likeness (QED) is 0.349. The number of nitrogens with zero attached hydrogens (tertiary/aromatic N) is 1. The van der Waals surface area contributed by atoms with Crippen LogP contribution in [0.25, 0.3) is 0 Å². The number of amides is 4. The van der Waals surface area contributed by atoms with Crippen LogP contribution in [0.4, 0.5) is 0 Å². The minimum atomic E-state index is -0.639. The fourth-order valence-electron chi connectivity index (χ4n) is 5.77. The largest absolute Gasteiger partial charge is 0.357 e. The van der Waals surface area contributed by atoms with Crippen molar-refractivity contribution in [3.63, 3.8) is 0 Å². The molecule has 1 aromatic rings. The first-order valence-electron chi connectivity index (χ1n) is 15.9. The Morgan fingerprint density at radius 3 is 1.95 bits per heavy atom. The van der Waals surface area contributed by atoms with Crippen molar-refractivity contribution in [1.82, 2.24) is 26.2 Å². The lowest BCUT2D eigenvalue weighted by molar-refractivity contribution is -0.142. The van der Waals surface area contributed by atoms with E-state index in [9.17, 15) is 19.2 Å². The monoisotopic (exact) mass is 585 g/mol. The number of carbonyl (C=O) groups is 4. The predicted molar refractivity (Wildman–Crippen MR) is 168 cm³/mol. The van der Waals surface area contributed by atoms with E-state index in [4.69, 9.17) is 0 Å². The van der Waals surface area contributed by atoms with E-state index in [0.29, 0.717) is 18.9 Å². The highest BCUT2D eigenvalue weighted by atomic mass is 16.2. The molecule has 1 saturated heterocycles. The Hall–Kier alpha value is -2.94. The maximum atomic E-state index is 13.2. The highest BCUT2D eigenvalue weighted by molar-refractivity contribution is 5.91. The molecule has 236 valence electrons. The molecule has 0 radical (unpaired) electrons. The molecule has 1 aliphatic heterocycles. The summed E-state index contributed by atoms with van der Waals surface area (Å²) in [6.07, 6.45) is 11.3. The first kappa shape index (κ1) is 35.3. The van der Waals surface area contributed by atoms with Crippen molar-refractivity contribution < 1.29 is 19.2 Å². The molecule has 2 fully saturated rings. The van der Waals surface area contributed by atoms with Gasteiger partial charge >= 0.3 is 0 Å². The number of likely N-dealkylation sites (tertiary alicyclic amines) is 1. The first-order chi connectivity index (χ1) is 20.1. The summed E-state index contributed by atoms with van der Waals surface area (Å²) in [7, 11) is 3.48. The van der Waals surface area contributed by atoms with Gasteiger partial charge in [0, 0.05) is 31.6 Å². The predicted octanol–water partition coefficient (Wildman–Crippen LogP) is 3.35. The van der Waals surface area contributed by atoms with Crippen molar-refractivity contribution in [2.24, 2.45) is 11.8 Å². The van der Waals surface area contributed by atoms with E-state index in [1.807, 2.05) is 7.05 Å².